The molecule has 0 bridgehead atoms. The second kappa shape index (κ2) is 9.62. The summed E-state index contributed by atoms with van der Waals surface area (Å²) in [7, 11) is 0. The van der Waals surface area contributed by atoms with Gasteiger partial charge in [0.2, 0.25) is 11.8 Å². The number of nitrogens with one attached hydrogen (secondary N) is 3. The van der Waals surface area contributed by atoms with Crippen molar-refractivity contribution in [3.05, 3.63) is 53.8 Å². The number of rotatable bonds is 6. The van der Waals surface area contributed by atoms with E-state index in [1.165, 1.54) is 11.0 Å². The molecule has 1 aliphatic rings. The molecule has 7 nitrogen and oxygen atoms in total. The third-order valence-corrected chi connectivity index (χ3v) is 5.32. The summed E-state index contributed by atoms with van der Waals surface area (Å²) >= 11 is 1.54. The van der Waals surface area contributed by atoms with Crippen LogP contribution in [0.4, 0.5) is 26.2 Å². The maximum Gasteiger partial charge on any atom is 0.323 e. The highest BCUT2D eigenvalue weighted by Gasteiger charge is 2.29. The molecule has 9 heteroatoms. The van der Waals surface area contributed by atoms with Gasteiger partial charge in [0.15, 0.2) is 0 Å². The summed E-state index contributed by atoms with van der Waals surface area (Å²) in [5.41, 5.74) is 1.87. The Bertz CT molecular complexity index is 969. The number of carbonyl (C=O) groups excluding carboxylic acids is 3. The van der Waals surface area contributed by atoms with Gasteiger partial charge in [0.1, 0.15) is 18.4 Å². The Balaban J connectivity index is 1.75. The maximum absolute atomic E-state index is 13.8. The number of urea groups is 1. The van der Waals surface area contributed by atoms with Crippen LogP contribution in [0.5, 0.6) is 0 Å². The van der Waals surface area contributed by atoms with E-state index in [-0.39, 0.29) is 12.5 Å². The van der Waals surface area contributed by atoms with Crippen LogP contribution in [0.15, 0.2) is 42.5 Å². The van der Waals surface area contributed by atoms with Crippen LogP contribution in [0.3, 0.4) is 0 Å². The number of nitrogens with zero attached hydrogens (tertiary/aromatic N) is 1. The van der Waals surface area contributed by atoms with Crippen molar-refractivity contribution in [2.45, 2.75) is 19.4 Å². The van der Waals surface area contributed by atoms with Crippen LogP contribution in [0, 0.1) is 12.7 Å². The van der Waals surface area contributed by atoms with E-state index in [0.29, 0.717) is 34.8 Å². The smallest absolute Gasteiger partial charge is 0.323 e. The summed E-state index contributed by atoms with van der Waals surface area (Å²) in [6.45, 7) is 1.48. The van der Waals surface area contributed by atoms with Crippen LogP contribution in [-0.2, 0) is 9.59 Å². The van der Waals surface area contributed by atoms with E-state index in [1.54, 1.807) is 55.1 Å². The van der Waals surface area contributed by atoms with E-state index >= 15 is 0 Å². The van der Waals surface area contributed by atoms with E-state index < -0.39 is 23.8 Å². The highest BCUT2D eigenvalue weighted by Crippen LogP contribution is 2.28. The molecule has 0 aromatic heterocycles. The monoisotopic (exact) mass is 430 g/mol. The zero-order valence-corrected chi connectivity index (χ0v) is 17.5. The molecule has 0 aliphatic carbocycles. The fourth-order valence-electron chi connectivity index (χ4n) is 3.05. The molecule has 1 atom stereocenters. The van der Waals surface area contributed by atoms with Gasteiger partial charge in [-0.25, -0.2) is 9.18 Å². The Hall–Kier alpha value is -3.07. The van der Waals surface area contributed by atoms with E-state index in [4.69, 9.17) is 0 Å². The number of thioether (sulfide) groups is 1. The van der Waals surface area contributed by atoms with Crippen LogP contribution < -0.4 is 20.9 Å². The van der Waals surface area contributed by atoms with Gasteiger partial charge in [-0.3, -0.25) is 14.5 Å². The molecule has 4 amide bonds. The number of benzene rings is 2. The molecule has 3 N–H and O–H groups in total. The zero-order valence-electron chi connectivity index (χ0n) is 16.7. The number of halogens is 1. The second-order valence-corrected chi connectivity index (χ2v) is 7.87. The lowest BCUT2D eigenvalue weighted by Gasteiger charge is -2.30. The summed E-state index contributed by atoms with van der Waals surface area (Å²) < 4.78 is 13.8. The van der Waals surface area contributed by atoms with Crippen LogP contribution >= 0.6 is 11.8 Å². The van der Waals surface area contributed by atoms with Gasteiger partial charge in [0.05, 0.1) is 11.4 Å². The lowest BCUT2D eigenvalue weighted by Crippen LogP contribution is -2.53. The predicted octanol–water partition coefficient (Wildman–Crippen LogP) is 3.36. The first-order chi connectivity index (χ1) is 14.4. The van der Waals surface area contributed by atoms with Crippen molar-refractivity contribution >= 4 is 46.7 Å². The Morgan fingerprint density at radius 1 is 1.27 bits per heavy atom. The zero-order chi connectivity index (χ0) is 21.7. The van der Waals surface area contributed by atoms with Gasteiger partial charge >= 0.3 is 6.03 Å². The lowest BCUT2D eigenvalue weighted by atomic mass is 10.1. The van der Waals surface area contributed by atoms with Crippen molar-refractivity contribution in [1.29, 1.82) is 0 Å². The SMILES string of the molecule is CSCC[C@@H](NC(=O)N1CC(=O)Nc2ccccc21)C(=O)Nc1ccc(C)c(F)c1. The molecule has 0 saturated heterocycles. The number of hydrogen-bond donors (Lipinski definition) is 3. The first kappa shape index (κ1) is 21.6. The molecule has 0 saturated carbocycles. The van der Waals surface area contributed by atoms with Gasteiger partial charge < -0.3 is 16.0 Å². The molecular weight excluding hydrogens is 407 g/mol. The summed E-state index contributed by atoms with van der Waals surface area (Å²) in [6, 6.07) is 9.98. The number of aryl methyl sites for hydroxylation is 1. The first-order valence-corrected chi connectivity index (χ1v) is 10.8. The quantitative estimate of drug-likeness (QED) is 0.656. The van der Waals surface area contributed by atoms with Crippen molar-refractivity contribution in [1.82, 2.24) is 5.32 Å². The minimum absolute atomic E-state index is 0.150. The number of fused-ring (bicyclic) bond motifs is 1. The summed E-state index contributed by atoms with van der Waals surface area (Å²) in [5.74, 6) is -0.550. The molecule has 0 fully saturated rings. The molecule has 3 rings (SSSR count). The third kappa shape index (κ3) is 5.10. The Kier molecular flexibility index (Phi) is 6.94. The van der Waals surface area contributed by atoms with Gasteiger partial charge in [-0.2, -0.15) is 11.8 Å². The van der Waals surface area contributed by atoms with Gasteiger partial charge in [0, 0.05) is 5.69 Å². The van der Waals surface area contributed by atoms with Crippen molar-refractivity contribution in [3.63, 3.8) is 0 Å². The van der Waals surface area contributed by atoms with Crippen molar-refractivity contribution < 1.29 is 18.8 Å². The average molecular weight is 431 g/mol. The van der Waals surface area contributed by atoms with E-state index in [1.807, 2.05) is 6.26 Å². The fraction of sp³-hybridized carbons (Fsp3) is 0.286. The highest BCUT2D eigenvalue weighted by molar-refractivity contribution is 7.98. The summed E-state index contributed by atoms with van der Waals surface area (Å²) in [4.78, 5) is 39.0. The molecule has 0 spiro atoms. The van der Waals surface area contributed by atoms with Crippen LogP contribution in [-0.4, -0.2) is 42.4 Å². The largest absolute Gasteiger partial charge is 0.326 e. The molecule has 0 unspecified atom stereocenters. The molecule has 30 heavy (non-hydrogen) atoms. The molecule has 2 aromatic carbocycles. The Morgan fingerprint density at radius 3 is 2.77 bits per heavy atom. The van der Waals surface area contributed by atoms with Gasteiger partial charge in [0.25, 0.3) is 0 Å². The molecule has 1 heterocycles. The molecular formula is C21H23FN4O3S. The predicted molar refractivity (Wildman–Crippen MR) is 118 cm³/mol. The minimum atomic E-state index is -0.841. The van der Waals surface area contributed by atoms with Crippen molar-refractivity contribution in [3.8, 4) is 0 Å². The number of amides is 4. The maximum atomic E-state index is 13.8. The van der Waals surface area contributed by atoms with Gasteiger partial charge in [-0.1, -0.05) is 18.2 Å². The lowest BCUT2D eigenvalue weighted by molar-refractivity contribution is -0.118. The molecule has 2 aromatic rings. The van der Waals surface area contributed by atoms with E-state index in [9.17, 15) is 18.8 Å². The highest BCUT2D eigenvalue weighted by atomic mass is 32.2. The van der Waals surface area contributed by atoms with Gasteiger partial charge in [-0.15, -0.1) is 0 Å². The summed E-state index contributed by atoms with van der Waals surface area (Å²) in [6.07, 6.45) is 2.28. The number of para-hydroxylation sites is 2. The normalized spacial score (nSPS) is 13.8. The van der Waals surface area contributed by atoms with Crippen molar-refractivity contribution in [2.75, 3.05) is 34.1 Å². The minimum Gasteiger partial charge on any atom is -0.326 e. The molecule has 1 aliphatic heterocycles. The third-order valence-electron chi connectivity index (χ3n) is 4.68. The van der Waals surface area contributed by atoms with Crippen LogP contribution in [0.2, 0.25) is 0 Å². The molecule has 0 radical (unpaired) electrons. The number of hydrogen-bond acceptors (Lipinski definition) is 4. The van der Waals surface area contributed by atoms with Crippen LogP contribution in [0.1, 0.15) is 12.0 Å². The first-order valence-electron chi connectivity index (χ1n) is 9.42. The Morgan fingerprint density at radius 2 is 2.03 bits per heavy atom. The van der Waals surface area contributed by atoms with E-state index in [0.717, 1.165) is 0 Å². The average Bonchev–Trinajstić information content (AvgIpc) is 2.72. The second-order valence-electron chi connectivity index (χ2n) is 6.89. The Labute approximate surface area is 178 Å². The number of anilines is 3. The topological polar surface area (TPSA) is 90.5 Å². The van der Waals surface area contributed by atoms with Crippen LogP contribution in [0.25, 0.3) is 0 Å². The van der Waals surface area contributed by atoms with Crippen molar-refractivity contribution in [2.24, 2.45) is 0 Å². The van der Waals surface area contributed by atoms with Gasteiger partial charge in [-0.05, 0) is 55.2 Å². The standard InChI is InChI=1S/C21H23FN4O3S/c1-13-7-8-14(11-15(13)22)23-20(28)17(9-10-30-2)25-21(29)26-12-19(27)24-16-5-3-4-6-18(16)26/h3-8,11,17H,9-10,12H2,1-2H3,(H,23,28)(H,24,27)(H,25,29)/t17-/m1/s1. The van der Waals surface area contributed by atoms with E-state index in [2.05, 4.69) is 16.0 Å². The summed E-state index contributed by atoms with van der Waals surface area (Å²) in [5, 5.41) is 8.09. The number of carbonyl (C=O) groups is 3. The molecule has 158 valence electrons. The fourth-order valence-corrected chi connectivity index (χ4v) is 3.52.